The third-order valence-electron chi connectivity index (χ3n) is 3.99. The zero-order valence-corrected chi connectivity index (χ0v) is 12.4. The van der Waals surface area contributed by atoms with Gasteiger partial charge in [-0.3, -0.25) is 4.90 Å². The first kappa shape index (κ1) is 15.9. The lowest BCUT2D eigenvalue weighted by molar-refractivity contribution is 0.182. The molecular formula is C14H31N3O. The Bertz CT molecular complexity index is 233. The molecule has 1 saturated heterocycles. The molecule has 0 aromatic carbocycles. The fraction of sp³-hybridized carbons (Fsp3) is 1.00. The predicted octanol–water partition coefficient (Wildman–Crippen LogP) is 0.892. The lowest BCUT2D eigenvalue weighted by Gasteiger charge is -2.28. The fourth-order valence-corrected chi connectivity index (χ4v) is 2.68. The molecule has 3 N–H and O–H groups in total. The molecular weight excluding hydrogens is 226 g/mol. The van der Waals surface area contributed by atoms with Crippen molar-refractivity contribution in [1.29, 1.82) is 0 Å². The summed E-state index contributed by atoms with van der Waals surface area (Å²) in [7, 11) is 2.21. The number of unbranched alkanes of at least 4 members (excludes halogenated alkanes) is 1. The highest BCUT2D eigenvalue weighted by atomic mass is 16.3. The van der Waals surface area contributed by atoms with Gasteiger partial charge in [-0.05, 0) is 59.8 Å². The third kappa shape index (κ3) is 5.65. The number of likely N-dealkylation sites (N-methyl/N-ethyl adjacent to an activating group) is 1. The van der Waals surface area contributed by atoms with Crippen LogP contribution in [0.25, 0.3) is 0 Å². The minimum absolute atomic E-state index is 0.0813. The minimum Gasteiger partial charge on any atom is -0.394 e. The van der Waals surface area contributed by atoms with E-state index < -0.39 is 5.54 Å². The maximum Gasteiger partial charge on any atom is 0.0608 e. The highest BCUT2D eigenvalue weighted by molar-refractivity contribution is 4.78. The van der Waals surface area contributed by atoms with E-state index in [0.717, 1.165) is 19.4 Å². The van der Waals surface area contributed by atoms with Crippen molar-refractivity contribution in [2.75, 3.05) is 39.8 Å². The van der Waals surface area contributed by atoms with Gasteiger partial charge in [-0.1, -0.05) is 6.42 Å². The fourth-order valence-electron chi connectivity index (χ4n) is 2.68. The van der Waals surface area contributed by atoms with Gasteiger partial charge in [0.25, 0.3) is 0 Å². The zero-order valence-electron chi connectivity index (χ0n) is 12.4. The molecule has 0 saturated carbocycles. The second-order valence-electron chi connectivity index (χ2n) is 6.27. The SMILES string of the molecule is CC1CN(C)CCCN1CCCCC(C)(N)CO. The number of aliphatic hydroxyl groups is 1. The second kappa shape index (κ2) is 7.43. The maximum atomic E-state index is 9.11. The molecule has 1 aliphatic heterocycles. The van der Waals surface area contributed by atoms with Crippen LogP contribution in [0.15, 0.2) is 0 Å². The summed E-state index contributed by atoms with van der Waals surface area (Å²) < 4.78 is 0. The van der Waals surface area contributed by atoms with Gasteiger partial charge in [0.05, 0.1) is 6.61 Å². The Labute approximate surface area is 112 Å². The molecule has 2 unspecified atom stereocenters. The molecule has 0 bridgehead atoms. The Hall–Kier alpha value is -0.160. The molecule has 1 aliphatic rings. The van der Waals surface area contributed by atoms with Crippen molar-refractivity contribution in [3.63, 3.8) is 0 Å². The largest absolute Gasteiger partial charge is 0.394 e. The van der Waals surface area contributed by atoms with Crippen molar-refractivity contribution in [1.82, 2.24) is 9.80 Å². The molecule has 0 radical (unpaired) electrons. The molecule has 1 fully saturated rings. The molecule has 18 heavy (non-hydrogen) atoms. The summed E-state index contributed by atoms with van der Waals surface area (Å²) in [6.45, 7) is 9.09. The van der Waals surface area contributed by atoms with Crippen molar-refractivity contribution in [3.8, 4) is 0 Å². The lowest BCUT2D eigenvalue weighted by atomic mass is 9.97. The van der Waals surface area contributed by atoms with Crippen LogP contribution in [0.3, 0.4) is 0 Å². The van der Waals surface area contributed by atoms with E-state index in [4.69, 9.17) is 10.8 Å². The molecule has 4 heteroatoms. The zero-order chi connectivity index (χ0) is 13.6. The van der Waals surface area contributed by atoms with Gasteiger partial charge in [-0.15, -0.1) is 0 Å². The molecule has 2 atom stereocenters. The van der Waals surface area contributed by atoms with E-state index in [-0.39, 0.29) is 6.61 Å². The summed E-state index contributed by atoms with van der Waals surface area (Å²) in [6.07, 6.45) is 4.46. The van der Waals surface area contributed by atoms with E-state index in [1.807, 2.05) is 6.92 Å². The van der Waals surface area contributed by atoms with Crippen LogP contribution >= 0.6 is 0 Å². The first-order valence-corrected chi connectivity index (χ1v) is 7.27. The molecule has 1 heterocycles. The normalized spacial score (nSPS) is 26.8. The summed E-state index contributed by atoms with van der Waals surface area (Å²) in [5, 5.41) is 9.11. The molecule has 1 rings (SSSR count). The van der Waals surface area contributed by atoms with Crippen molar-refractivity contribution in [2.24, 2.45) is 5.73 Å². The minimum atomic E-state index is -0.398. The smallest absolute Gasteiger partial charge is 0.0608 e. The summed E-state index contributed by atoms with van der Waals surface area (Å²) in [4.78, 5) is 5.02. The van der Waals surface area contributed by atoms with E-state index in [9.17, 15) is 0 Å². The van der Waals surface area contributed by atoms with Crippen molar-refractivity contribution in [3.05, 3.63) is 0 Å². The summed E-state index contributed by atoms with van der Waals surface area (Å²) >= 11 is 0. The molecule has 108 valence electrons. The standard InChI is InChI=1S/C14H31N3O/c1-13-11-16(3)8-6-10-17(13)9-5-4-7-14(2,15)12-18/h13,18H,4-12,15H2,1-3H3. The van der Waals surface area contributed by atoms with Gasteiger partial charge in [0.1, 0.15) is 0 Å². The maximum absolute atomic E-state index is 9.11. The molecule has 4 nitrogen and oxygen atoms in total. The Morgan fingerprint density at radius 1 is 1.33 bits per heavy atom. The predicted molar refractivity (Wildman–Crippen MR) is 76.7 cm³/mol. The van der Waals surface area contributed by atoms with E-state index in [2.05, 4.69) is 23.8 Å². The van der Waals surface area contributed by atoms with Crippen molar-refractivity contribution < 1.29 is 5.11 Å². The first-order chi connectivity index (χ1) is 8.44. The summed E-state index contributed by atoms with van der Waals surface area (Å²) in [5.41, 5.74) is 5.54. The van der Waals surface area contributed by atoms with E-state index in [0.29, 0.717) is 6.04 Å². The number of nitrogens with two attached hydrogens (primary N) is 1. The van der Waals surface area contributed by atoms with Gasteiger partial charge >= 0.3 is 0 Å². The number of hydrogen-bond acceptors (Lipinski definition) is 4. The van der Waals surface area contributed by atoms with Crippen LogP contribution in [0, 0.1) is 0 Å². The Balaban J connectivity index is 2.22. The number of aliphatic hydroxyl groups excluding tert-OH is 1. The molecule has 0 aromatic rings. The van der Waals surface area contributed by atoms with E-state index >= 15 is 0 Å². The van der Waals surface area contributed by atoms with Crippen molar-refractivity contribution in [2.45, 2.75) is 51.1 Å². The monoisotopic (exact) mass is 257 g/mol. The molecule has 0 aliphatic carbocycles. The topological polar surface area (TPSA) is 52.7 Å². The van der Waals surface area contributed by atoms with Gasteiger partial charge in [0.2, 0.25) is 0 Å². The molecule has 0 aromatic heterocycles. The first-order valence-electron chi connectivity index (χ1n) is 7.27. The Kier molecular flexibility index (Phi) is 6.57. The number of hydrogen-bond donors (Lipinski definition) is 2. The average molecular weight is 257 g/mol. The van der Waals surface area contributed by atoms with Crippen LogP contribution in [0.4, 0.5) is 0 Å². The Morgan fingerprint density at radius 3 is 2.72 bits per heavy atom. The van der Waals surface area contributed by atoms with Crippen LogP contribution < -0.4 is 5.73 Å². The number of rotatable bonds is 6. The molecule has 0 amide bonds. The van der Waals surface area contributed by atoms with Crippen LogP contribution in [-0.2, 0) is 0 Å². The highest BCUT2D eigenvalue weighted by Crippen LogP contribution is 2.13. The van der Waals surface area contributed by atoms with E-state index in [1.165, 1.54) is 32.5 Å². The van der Waals surface area contributed by atoms with Crippen LogP contribution in [0.2, 0.25) is 0 Å². The van der Waals surface area contributed by atoms with Gasteiger partial charge < -0.3 is 15.7 Å². The van der Waals surface area contributed by atoms with Gasteiger partial charge in [0.15, 0.2) is 0 Å². The second-order valence-corrected chi connectivity index (χ2v) is 6.27. The van der Waals surface area contributed by atoms with Crippen molar-refractivity contribution >= 4 is 0 Å². The molecule has 0 spiro atoms. The van der Waals surface area contributed by atoms with E-state index in [1.54, 1.807) is 0 Å². The average Bonchev–Trinajstić information content (AvgIpc) is 2.46. The number of nitrogens with zero attached hydrogens (tertiary/aromatic N) is 2. The third-order valence-corrected chi connectivity index (χ3v) is 3.99. The highest BCUT2D eigenvalue weighted by Gasteiger charge is 2.20. The summed E-state index contributed by atoms with van der Waals surface area (Å²) in [5.74, 6) is 0. The lowest BCUT2D eigenvalue weighted by Crippen LogP contribution is -2.41. The van der Waals surface area contributed by atoms with Crippen LogP contribution in [0.5, 0.6) is 0 Å². The van der Waals surface area contributed by atoms with Gasteiger partial charge in [0, 0.05) is 18.1 Å². The van der Waals surface area contributed by atoms with Gasteiger partial charge in [-0.2, -0.15) is 0 Å². The van der Waals surface area contributed by atoms with Crippen LogP contribution in [0.1, 0.15) is 39.5 Å². The quantitative estimate of drug-likeness (QED) is 0.694. The summed E-state index contributed by atoms with van der Waals surface area (Å²) in [6, 6.07) is 0.652. The Morgan fingerprint density at radius 2 is 2.06 bits per heavy atom. The van der Waals surface area contributed by atoms with Crippen LogP contribution in [-0.4, -0.2) is 66.3 Å². The van der Waals surface area contributed by atoms with Gasteiger partial charge in [-0.25, -0.2) is 0 Å².